The number of carboxylic acid groups (broad SMARTS) is 1. The van der Waals surface area contributed by atoms with E-state index in [1.807, 2.05) is 0 Å². The number of carboxylic acids is 1. The van der Waals surface area contributed by atoms with E-state index in [4.69, 9.17) is 14.0 Å². The van der Waals surface area contributed by atoms with Crippen LogP contribution >= 0.6 is 0 Å². The summed E-state index contributed by atoms with van der Waals surface area (Å²) >= 11 is 0. The minimum atomic E-state index is -1.26. The van der Waals surface area contributed by atoms with Crippen molar-refractivity contribution in [3.05, 3.63) is 35.6 Å². The number of nitrogens with one attached hydrogen (secondary N) is 1. The lowest BCUT2D eigenvalue weighted by Crippen LogP contribution is -2.30. The minimum absolute atomic E-state index is 0.129. The molecule has 8 heteroatoms. The Balaban J connectivity index is 2.41. The first-order valence-electron chi connectivity index (χ1n) is 7.13. The zero-order valence-electron chi connectivity index (χ0n) is 13.5. The van der Waals surface area contributed by atoms with Crippen LogP contribution in [0.2, 0.25) is 0 Å². The highest BCUT2D eigenvalue weighted by molar-refractivity contribution is 5.89. The maximum Gasteiger partial charge on any atom is 0.375 e. The molecular weight excluding hydrogens is 316 g/mol. The number of amides is 1. The Morgan fingerprint density at radius 3 is 2.50 bits per heavy atom. The number of nitrogens with zero attached hydrogens (tertiary/aromatic N) is 1. The van der Waals surface area contributed by atoms with Gasteiger partial charge in [-0.05, 0) is 31.2 Å². The summed E-state index contributed by atoms with van der Waals surface area (Å²) in [5, 5.41) is 15.8. The van der Waals surface area contributed by atoms with Crippen molar-refractivity contribution in [3.63, 3.8) is 0 Å². The number of benzene rings is 1. The van der Waals surface area contributed by atoms with E-state index >= 15 is 0 Å². The molecule has 1 aromatic heterocycles. The minimum Gasteiger partial charge on any atom is -0.497 e. The second kappa shape index (κ2) is 7.60. The summed E-state index contributed by atoms with van der Waals surface area (Å²) in [5.74, 6) is -1.29. The zero-order chi connectivity index (χ0) is 17.7. The van der Waals surface area contributed by atoms with Crippen LogP contribution in [0.25, 0.3) is 11.3 Å². The van der Waals surface area contributed by atoms with E-state index in [1.165, 1.54) is 7.11 Å². The van der Waals surface area contributed by atoms with Crippen LogP contribution in [0.15, 0.2) is 28.8 Å². The number of aromatic carboxylic acids is 1. The molecule has 24 heavy (non-hydrogen) atoms. The number of hydrogen-bond acceptors (Lipinski definition) is 6. The molecule has 2 rings (SSSR count). The van der Waals surface area contributed by atoms with Crippen molar-refractivity contribution in [1.82, 2.24) is 10.5 Å². The Morgan fingerprint density at radius 1 is 1.29 bits per heavy atom. The lowest BCUT2D eigenvalue weighted by molar-refractivity contribution is -0.125. The Hall–Kier alpha value is -2.87. The summed E-state index contributed by atoms with van der Waals surface area (Å²) in [4.78, 5) is 23.1. The number of aromatic nitrogens is 1. The third-order valence-electron chi connectivity index (χ3n) is 3.37. The van der Waals surface area contributed by atoms with Crippen LogP contribution in [-0.2, 0) is 9.53 Å². The van der Waals surface area contributed by atoms with Crippen LogP contribution in [0.4, 0.5) is 0 Å². The van der Waals surface area contributed by atoms with Gasteiger partial charge in [0.25, 0.3) is 0 Å². The van der Waals surface area contributed by atoms with Crippen molar-refractivity contribution < 1.29 is 28.7 Å². The molecule has 128 valence electrons. The van der Waals surface area contributed by atoms with Gasteiger partial charge in [0.15, 0.2) is 0 Å². The van der Waals surface area contributed by atoms with Gasteiger partial charge in [0, 0.05) is 12.7 Å². The van der Waals surface area contributed by atoms with Crippen LogP contribution in [0.3, 0.4) is 0 Å². The first-order chi connectivity index (χ1) is 11.5. The van der Waals surface area contributed by atoms with Crippen molar-refractivity contribution in [3.8, 4) is 17.0 Å². The molecule has 0 saturated heterocycles. The average molecular weight is 334 g/mol. The molecule has 0 fully saturated rings. The smallest absolute Gasteiger partial charge is 0.375 e. The molecule has 2 aromatic rings. The molecule has 1 aromatic carbocycles. The standard InChI is InChI=1S/C16H18N2O6/c1-9(17-12(19)8-22-2)13-14(18-24-15(13)16(20)21)10-4-6-11(23-3)7-5-10/h4-7,9H,8H2,1-3H3,(H,17,19)(H,20,21)/t9-/m1/s1. The molecule has 0 saturated carbocycles. The van der Waals surface area contributed by atoms with Crippen LogP contribution in [-0.4, -0.2) is 43.0 Å². The highest BCUT2D eigenvalue weighted by Gasteiger charge is 2.27. The van der Waals surface area contributed by atoms with E-state index in [-0.39, 0.29) is 23.8 Å². The monoisotopic (exact) mass is 334 g/mol. The van der Waals surface area contributed by atoms with Gasteiger partial charge in [0.2, 0.25) is 11.7 Å². The molecule has 1 amide bonds. The summed E-state index contributed by atoms with van der Waals surface area (Å²) in [6, 6.07) is 6.29. The summed E-state index contributed by atoms with van der Waals surface area (Å²) in [7, 11) is 2.95. The first kappa shape index (κ1) is 17.5. The maximum atomic E-state index is 11.7. The van der Waals surface area contributed by atoms with E-state index in [0.29, 0.717) is 17.0 Å². The largest absolute Gasteiger partial charge is 0.497 e. The fraction of sp³-hybridized carbons (Fsp3) is 0.312. The topological polar surface area (TPSA) is 111 Å². The fourth-order valence-electron chi connectivity index (χ4n) is 2.30. The summed E-state index contributed by atoms with van der Waals surface area (Å²) in [6.45, 7) is 1.52. The van der Waals surface area contributed by atoms with Crippen molar-refractivity contribution in [2.45, 2.75) is 13.0 Å². The van der Waals surface area contributed by atoms with Gasteiger partial charge in [-0.2, -0.15) is 0 Å². The maximum absolute atomic E-state index is 11.7. The Bertz CT molecular complexity index is 723. The van der Waals surface area contributed by atoms with Gasteiger partial charge < -0.3 is 24.4 Å². The van der Waals surface area contributed by atoms with Gasteiger partial charge in [-0.1, -0.05) is 5.16 Å². The van der Waals surface area contributed by atoms with E-state index in [2.05, 4.69) is 10.5 Å². The van der Waals surface area contributed by atoms with Crippen molar-refractivity contribution in [2.24, 2.45) is 0 Å². The molecule has 8 nitrogen and oxygen atoms in total. The molecule has 0 aliphatic rings. The highest BCUT2D eigenvalue weighted by Crippen LogP contribution is 2.31. The first-order valence-corrected chi connectivity index (χ1v) is 7.13. The fourth-order valence-corrected chi connectivity index (χ4v) is 2.30. The van der Waals surface area contributed by atoms with E-state index in [1.54, 1.807) is 38.3 Å². The van der Waals surface area contributed by atoms with E-state index in [9.17, 15) is 14.7 Å². The Morgan fingerprint density at radius 2 is 1.96 bits per heavy atom. The molecule has 0 aliphatic heterocycles. The predicted octanol–water partition coefficient (Wildman–Crippen LogP) is 1.87. The number of hydrogen-bond donors (Lipinski definition) is 2. The van der Waals surface area contributed by atoms with Crippen molar-refractivity contribution in [2.75, 3.05) is 20.8 Å². The van der Waals surface area contributed by atoms with Gasteiger partial charge in [-0.3, -0.25) is 4.79 Å². The molecule has 0 unspecified atom stereocenters. The second-order valence-electron chi connectivity index (χ2n) is 5.03. The number of methoxy groups -OCH3 is 2. The van der Waals surface area contributed by atoms with Gasteiger partial charge in [-0.15, -0.1) is 0 Å². The van der Waals surface area contributed by atoms with Gasteiger partial charge in [-0.25, -0.2) is 4.79 Å². The molecule has 2 N–H and O–H groups in total. The Labute approximate surface area is 138 Å². The third-order valence-corrected chi connectivity index (χ3v) is 3.37. The number of carbonyl (C=O) groups is 2. The predicted molar refractivity (Wildman–Crippen MR) is 83.9 cm³/mol. The van der Waals surface area contributed by atoms with Gasteiger partial charge in [0.05, 0.1) is 18.7 Å². The number of carbonyl (C=O) groups excluding carboxylic acids is 1. The van der Waals surface area contributed by atoms with Crippen LogP contribution in [0.5, 0.6) is 5.75 Å². The van der Waals surface area contributed by atoms with Crippen molar-refractivity contribution in [1.29, 1.82) is 0 Å². The van der Waals surface area contributed by atoms with Crippen LogP contribution < -0.4 is 10.1 Å². The SMILES string of the molecule is COCC(=O)N[C@H](C)c1c(-c2ccc(OC)cc2)noc1C(=O)O. The molecule has 0 aliphatic carbocycles. The van der Waals surface area contributed by atoms with Gasteiger partial charge >= 0.3 is 5.97 Å². The Kier molecular flexibility index (Phi) is 5.54. The summed E-state index contributed by atoms with van der Waals surface area (Å²) < 4.78 is 14.8. The van der Waals surface area contributed by atoms with Crippen LogP contribution in [0, 0.1) is 0 Å². The summed E-state index contributed by atoms with van der Waals surface area (Å²) in [6.07, 6.45) is 0. The highest BCUT2D eigenvalue weighted by atomic mass is 16.5. The molecule has 0 bridgehead atoms. The normalized spacial score (nSPS) is 11.8. The lowest BCUT2D eigenvalue weighted by atomic mass is 10.0. The van der Waals surface area contributed by atoms with Gasteiger partial charge in [0.1, 0.15) is 18.1 Å². The zero-order valence-corrected chi connectivity index (χ0v) is 13.5. The lowest BCUT2D eigenvalue weighted by Gasteiger charge is -2.14. The quantitative estimate of drug-likeness (QED) is 0.795. The molecule has 1 heterocycles. The number of rotatable bonds is 7. The number of ether oxygens (including phenoxy) is 2. The molecule has 0 radical (unpaired) electrons. The van der Waals surface area contributed by atoms with E-state index < -0.39 is 12.0 Å². The molecule has 0 spiro atoms. The molecular formula is C16H18N2O6. The van der Waals surface area contributed by atoms with E-state index in [0.717, 1.165) is 0 Å². The summed E-state index contributed by atoms with van der Waals surface area (Å²) in [5.41, 5.74) is 1.28. The molecule has 1 atom stereocenters. The second-order valence-corrected chi connectivity index (χ2v) is 5.03. The average Bonchev–Trinajstić information content (AvgIpc) is 3.00. The van der Waals surface area contributed by atoms with Crippen LogP contribution in [0.1, 0.15) is 29.1 Å². The third kappa shape index (κ3) is 3.72. The van der Waals surface area contributed by atoms with Crippen molar-refractivity contribution >= 4 is 11.9 Å².